The maximum atomic E-state index is 12.8. The van der Waals surface area contributed by atoms with Crippen molar-refractivity contribution in [3.05, 3.63) is 17.5 Å². The Bertz CT molecular complexity index is 512. The van der Waals surface area contributed by atoms with Gasteiger partial charge in [0, 0.05) is 18.4 Å². The molecular weight excluding hydrogens is 265 g/mol. The Hall–Kier alpha value is -1.86. The number of aromatic amines is 1. The molecule has 1 saturated carbocycles. The lowest BCUT2D eigenvalue weighted by molar-refractivity contribution is -0.149. The van der Waals surface area contributed by atoms with Gasteiger partial charge in [0.05, 0.1) is 11.6 Å². The van der Waals surface area contributed by atoms with E-state index in [1.807, 2.05) is 5.10 Å². The number of alkyl halides is 3. The normalized spacial score (nSPS) is 19.4. The number of hydrogen-bond acceptors (Lipinski definition) is 3. The summed E-state index contributed by atoms with van der Waals surface area (Å²) in [5.41, 5.74) is -3.23. The van der Waals surface area contributed by atoms with Crippen LogP contribution in [-0.2, 0) is 21.2 Å². The standard InChI is InChI=1S/C11H11F3N2O3/c12-11(13,14)8-7(5-15-16-8)10(9(18)19)3-1-6(17)2-4-10/h5H,1-4H2,(H,15,16)(H,18,19). The number of H-pyrrole nitrogens is 1. The van der Waals surface area contributed by atoms with E-state index in [0.717, 1.165) is 6.20 Å². The first-order valence-corrected chi connectivity index (χ1v) is 5.63. The van der Waals surface area contributed by atoms with E-state index in [2.05, 4.69) is 5.10 Å². The number of aromatic nitrogens is 2. The van der Waals surface area contributed by atoms with E-state index in [0.29, 0.717) is 0 Å². The summed E-state index contributed by atoms with van der Waals surface area (Å²) in [5.74, 6) is -1.49. The molecule has 0 unspecified atom stereocenters. The molecule has 0 radical (unpaired) electrons. The molecule has 1 aromatic rings. The van der Waals surface area contributed by atoms with Crippen LogP contribution in [0.3, 0.4) is 0 Å². The van der Waals surface area contributed by atoms with Gasteiger partial charge in [-0.1, -0.05) is 0 Å². The Labute approximate surface area is 105 Å². The molecule has 1 aliphatic rings. The van der Waals surface area contributed by atoms with Gasteiger partial charge in [-0.25, -0.2) is 0 Å². The van der Waals surface area contributed by atoms with Gasteiger partial charge in [0.15, 0.2) is 0 Å². The highest BCUT2D eigenvalue weighted by molar-refractivity contribution is 5.87. The molecule has 0 saturated heterocycles. The summed E-state index contributed by atoms with van der Waals surface area (Å²) in [4.78, 5) is 22.6. The van der Waals surface area contributed by atoms with E-state index in [9.17, 15) is 27.9 Å². The fourth-order valence-corrected chi connectivity index (χ4v) is 2.42. The lowest BCUT2D eigenvalue weighted by Crippen LogP contribution is -2.41. The van der Waals surface area contributed by atoms with Crippen molar-refractivity contribution in [2.75, 3.05) is 0 Å². The summed E-state index contributed by atoms with van der Waals surface area (Å²) >= 11 is 0. The summed E-state index contributed by atoms with van der Waals surface area (Å²) in [6.07, 6.45) is -4.14. The molecule has 2 N–H and O–H groups in total. The van der Waals surface area contributed by atoms with E-state index in [1.54, 1.807) is 0 Å². The molecule has 19 heavy (non-hydrogen) atoms. The minimum Gasteiger partial charge on any atom is -0.481 e. The molecule has 2 rings (SSSR count). The van der Waals surface area contributed by atoms with Gasteiger partial charge in [0.25, 0.3) is 0 Å². The number of carbonyl (C=O) groups is 2. The van der Waals surface area contributed by atoms with Gasteiger partial charge in [-0.05, 0) is 12.8 Å². The second-order valence-electron chi connectivity index (χ2n) is 4.58. The number of carboxylic acid groups (broad SMARTS) is 1. The zero-order chi connectivity index (χ0) is 14.3. The van der Waals surface area contributed by atoms with Gasteiger partial charge in [0.2, 0.25) is 0 Å². The van der Waals surface area contributed by atoms with Gasteiger partial charge in [0.1, 0.15) is 11.5 Å². The van der Waals surface area contributed by atoms with Crippen LogP contribution in [0.2, 0.25) is 0 Å². The number of halogens is 3. The van der Waals surface area contributed by atoms with Crippen LogP contribution >= 0.6 is 0 Å². The summed E-state index contributed by atoms with van der Waals surface area (Å²) in [6.45, 7) is 0. The van der Waals surface area contributed by atoms with Crippen molar-refractivity contribution < 1.29 is 27.9 Å². The number of hydrogen-bond donors (Lipinski definition) is 2. The van der Waals surface area contributed by atoms with Gasteiger partial charge in [-0.15, -0.1) is 0 Å². The lowest BCUT2D eigenvalue weighted by atomic mass is 9.69. The second kappa shape index (κ2) is 4.36. The molecule has 0 aromatic carbocycles. The number of rotatable bonds is 2. The number of nitrogens with zero attached hydrogens (tertiary/aromatic N) is 1. The molecule has 1 aromatic heterocycles. The molecule has 1 aliphatic carbocycles. The average molecular weight is 276 g/mol. The van der Waals surface area contributed by atoms with Crippen molar-refractivity contribution in [1.82, 2.24) is 10.2 Å². The molecule has 5 nitrogen and oxygen atoms in total. The topological polar surface area (TPSA) is 83.1 Å². The number of Topliss-reactive ketones (excluding diaryl/α,β-unsaturated/α-hetero) is 1. The summed E-state index contributed by atoms with van der Waals surface area (Å²) in [5, 5.41) is 14.4. The van der Waals surface area contributed by atoms with Gasteiger partial charge >= 0.3 is 12.1 Å². The first-order chi connectivity index (χ1) is 8.77. The molecule has 8 heteroatoms. The van der Waals surface area contributed by atoms with Crippen LogP contribution in [0.5, 0.6) is 0 Å². The highest BCUT2D eigenvalue weighted by atomic mass is 19.4. The SMILES string of the molecule is O=C1CCC(C(=O)O)(c2cn[nH]c2C(F)(F)F)CC1. The fraction of sp³-hybridized carbons (Fsp3) is 0.545. The molecule has 1 fully saturated rings. The Morgan fingerprint density at radius 1 is 1.37 bits per heavy atom. The molecular formula is C11H11F3N2O3. The van der Waals surface area contributed by atoms with Crippen LogP contribution in [-0.4, -0.2) is 27.1 Å². The van der Waals surface area contributed by atoms with E-state index in [4.69, 9.17) is 0 Å². The quantitative estimate of drug-likeness (QED) is 0.864. The van der Waals surface area contributed by atoms with Gasteiger partial charge < -0.3 is 5.11 Å². The molecule has 1 heterocycles. The predicted molar refractivity (Wildman–Crippen MR) is 56.4 cm³/mol. The number of carbonyl (C=O) groups excluding carboxylic acids is 1. The third-order valence-electron chi connectivity index (χ3n) is 3.51. The average Bonchev–Trinajstić information content (AvgIpc) is 2.79. The third-order valence-corrected chi connectivity index (χ3v) is 3.51. The zero-order valence-corrected chi connectivity index (χ0v) is 9.75. The lowest BCUT2D eigenvalue weighted by Gasteiger charge is -2.32. The monoisotopic (exact) mass is 276 g/mol. The highest BCUT2D eigenvalue weighted by Crippen LogP contribution is 2.43. The maximum absolute atomic E-state index is 12.8. The number of aliphatic carboxylic acids is 1. The van der Waals surface area contributed by atoms with Crippen LogP contribution in [0.4, 0.5) is 13.2 Å². The summed E-state index contributed by atoms with van der Waals surface area (Å²) in [7, 11) is 0. The minimum absolute atomic E-state index is 0.0330. The first-order valence-electron chi connectivity index (χ1n) is 5.63. The van der Waals surface area contributed by atoms with Crippen molar-refractivity contribution in [3.8, 4) is 0 Å². The molecule has 0 spiro atoms. The van der Waals surface area contributed by atoms with E-state index >= 15 is 0 Å². The second-order valence-corrected chi connectivity index (χ2v) is 4.58. The predicted octanol–water partition coefficient (Wildman–Crippen LogP) is 1.89. The van der Waals surface area contributed by atoms with Crippen molar-refractivity contribution in [3.63, 3.8) is 0 Å². The summed E-state index contributed by atoms with van der Waals surface area (Å²) < 4.78 is 38.4. The Kier molecular flexibility index (Phi) is 3.11. The number of carboxylic acids is 1. The van der Waals surface area contributed by atoms with Crippen LogP contribution in [0, 0.1) is 0 Å². The van der Waals surface area contributed by atoms with Crippen LogP contribution in [0.15, 0.2) is 6.20 Å². The van der Waals surface area contributed by atoms with Crippen molar-refractivity contribution >= 4 is 11.8 Å². The zero-order valence-electron chi connectivity index (χ0n) is 9.75. The molecule has 0 amide bonds. The molecule has 0 atom stereocenters. The van der Waals surface area contributed by atoms with Crippen molar-refractivity contribution in [1.29, 1.82) is 0 Å². The number of ketones is 1. The van der Waals surface area contributed by atoms with Gasteiger partial charge in [-0.2, -0.15) is 18.3 Å². The van der Waals surface area contributed by atoms with E-state index in [-0.39, 0.29) is 37.0 Å². The molecule has 0 bridgehead atoms. The van der Waals surface area contributed by atoms with Crippen molar-refractivity contribution in [2.45, 2.75) is 37.3 Å². The Morgan fingerprint density at radius 3 is 2.42 bits per heavy atom. The Morgan fingerprint density at radius 2 is 1.95 bits per heavy atom. The van der Waals surface area contributed by atoms with Crippen LogP contribution in [0.25, 0.3) is 0 Å². The van der Waals surface area contributed by atoms with Crippen LogP contribution in [0.1, 0.15) is 36.9 Å². The third kappa shape index (κ3) is 2.22. The molecule has 0 aliphatic heterocycles. The minimum atomic E-state index is -4.70. The summed E-state index contributed by atoms with van der Waals surface area (Å²) in [6, 6.07) is 0. The van der Waals surface area contributed by atoms with Crippen LogP contribution < -0.4 is 0 Å². The fourth-order valence-electron chi connectivity index (χ4n) is 2.42. The smallest absolute Gasteiger partial charge is 0.433 e. The van der Waals surface area contributed by atoms with Gasteiger partial charge in [-0.3, -0.25) is 14.7 Å². The van der Waals surface area contributed by atoms with Crippen molar-refractivity contribution in [2.24, 2.45) is 0 Å². The molecule has 104 valence electrons. The number of nitrogens with one attached hydrogen (secondary N) is 1. The largest absolute Gasteiger partial charge is 0.481 e. The van der Waals surface area contributed by atoms with E-state index < -0.39 is 23.3 Å². The maximum Gasteiger partial charge on any atom is 0.433 e. The Balaban J connectivity index is 2.50. The highest BCUT2D eigenvalue weighted by Gasteiger charge is 2.49. The van der Waals surface area contributed by atoms with E-state index in [1.165, 1.54) is 0 Å². The first kappa shape index (κ1) is 13.6.